The maximum atomic E-state index is 5.15. The molecule has 0 atom stereocenters. The number of allylic oxidation sites excluding steroid dienone is 2. The molecule has 2 rings (SSSR count). The summed E-state index contributed by atoms with van der Waals surface area (Å²) in [5.74, 6) is 0.881. The summed E-state index contributed by atoms with van der Waals surface area (Å²) in [4.78, 5) is 2.34. The molecule has 0 aliphatic carbocycles. The van der Waals surface area contributed by atoms with Gasteiger partial charge in [0.25, 0.3) is 0 Å². The minimum absolute atomic E-state index is 0.881. The van der Waals surface area contributed by atoms with Gasteiger partial charge in [-0.2, -0.15) is 0 Å². The number of anilines is 1. The lowest BCUT2D eigenvalue weighted by Crippen LogP contribution is -2.21. The van der Waals surface area contributed by atoms with Gasteiger partial charge < -0.3 is 9.64 Å². The van der Waals surface area contributed by atoms with E-state index >= 15 is 0 Å². The molecule has 2 nitrogen and oxygen atoms in total. The fourth-order valence-electron chi connectivity index (χ4n) is 2.43. The fourth-order valence-corrected chi connectivity index (χ4v) is 2.43. The minimum Gasteiger partial charge on any atom is -0.497 e. The summed E-state index contributed by atoms with van der Waals surface area (Å²) >= 11 is 0. The first-order valence-corrected chi connectivity index (χ1v) is 8.10. The van der Waals surface area contributed by atoms with Crippen molar-refractivity contribution in [2.45, 2.75) is 13.8 Å². The topological polar surface area (TPSA) is 12.5 Å². The van der Waals surface area contributed by atoms with E-state index in [0.717, 1.165) is 24.4 Å². The molecule has 0 fully saturated rings. The third-order valence-corrected chi connectivity index (χ3v) is 3.83. The van der Waals surface area contributed by atoms with Crippen LogP contribution in [0.15, 0.2) is 60.7 Å². The van der Waals surface area contributed by atoms with Gasteiger partial charge in [0, 0.05) is 18.8 Å². The molecule has 2 aromatic carbocycles. The zero-order valence-corrected chi connectivity index (χ0v) is 14.2. The lowest BCUT2D eigenvalue weighted by atomic mass is 10.1. The van der Waals surface area contributed by atoms with Crippen molar-refractivity contribution in [3.8, 4) is 5.75 Å². The van der Waals surface area contributed by atoms with Crippen molar-refractivity contribution < 1.29 is 4.74 Å². The second-order valence-corrected chi connectivity index (χ2v) is 5.26. The highest BCUT2D eigenvalue weighted by molar-refractivity contribution is 5.59. The summed E-state index contributed by atoms with van der Waals surface area (Å²) in [5.41, 5.74) is 3.65. The maximum Gasteiger partial charge on any atom is 0.118 e. The summed E-state index contributed by atoms with van der Waals surface area (Å²) in [6.07, 6.45) is 8.32. The predicted molar refractivity (Wildman–Crippen MR) is 101 cm³/mol. The zero-order chi connectivity index (χ0) is 16.5. The highest BCUT2D eigenvalue weighted by Crippen LogP contribution is 2.16. The van der Waals surface area contributed by atoms with Crippen LogP contribution < -0.4 is 9.64 Å². The van der Waals surface area contributed by atoms with Crippen LogP contribution in [0, 0.1) is 0 Å². The van der Waals surface area contributed by atoms with Crippen molar-refractivity contribution in [1.29, 1.82) is 0 Å². The highest BCUT2D eigenvalue weighted by atomic mass is 16.5. The van der Waals surface area contributed by atoms with Crippen LogP contribution in [-0.2, 0) is 0 Å². The number of hydrogen-bond donors (Lipinski definition) is 0. The second kappa shape index (κ2) is 8.84. The molecule has 0 radical (unpaired) electrons. The Bertz CT molecular complexity index is 635. The van der Waals surface area contributed by atoms with Gasteiger partial charge in [-0.25, -0.2) is 0 Å². The Kier molecular flexibility index (Phi) is 6.49. The first-order chi connectivity index (χ1) is 11.3. The van der Waals surface area contributed by atoms with E-state index < -0.39 is 0 Å². The van der Waals surface area contributed by atoms with Gasteiger partial charge in [0.1, 0.15) is 5.75 Å². The summed E-state index contributed by atoms with van der Waals surface area (Å²) < 4.78 is 5.15. The van der Waals surface area contributed by atoms with E-state index in [0.29, 0.717) is 0 Å². The van der Waals surface area contributed by atoms with Gasteiger partial charge in [0.15, 0.2) is 0 Å². The van der Waals surface area contributed by atoms with Gasteiger partial charge >= 0.3 is 0 Å². The Labute approximate surface area is 139 Å². The molecular formula is C21H25NO. The summed E-state index contributed by atoms with van der Waals surface area (Å²) in [7, 11) is 1.68. The molecule has 120 valence electrons. The molecule has 23 heavy (non-hydrogen) atoms. The molecule has 0 heterocycles. The summed E-state index contributed by atoms with van der Waals surface area (Å²) in [5, 5.41) is 0. The second-order valence-electron chi connectivity index (χ2n) is 5.26. The monoisotopic (exact) mass is 307 g/mol. The van der Waals surface area contributed by atoms with Gasteiger partial charge in [0.05, 0.1) is 7.11 Å². The number of rotatable bonds is 7. The molecule has 0 saturated heterocycles. The standard InChI is InChI=1S/C21H25NO/c1-4-22(5-2)20-14-10-18(11-15-20)8-6-7-9-19-12-16-21(23-3)17-13-19/h6-17H,4-5H2,1-3H3. The first-order valence-electron chi connectivity index (χ1n) is 8.10. The van der Waals surface area contributed by atoms with Crippen molar-refractivity contribution in [3.05, 3.63) is 71.8 Å². The summed E-state index contributed by atoms with van der Waals surface area (Å²) in [6.45, 7) is 6.44. The van der Waals surface area contributed by atoms with E-state index in [9.17, 15) is 0 Å². The molecule has 0 aromatic heterocycles. The Balaban J connectivity index is 1.95. The highest BCUT2D eigenvalue weighted by Gasteiger charge is 1.99. The first kappa shape index (κ1) is 16.9. The maximum absolute atomic E-state index is 5.15. The number of methoxy groups -OCH3 is 1. The average molecular weight is 307 g/mol. The normalized spacial score (nSPS) is 11.3. The predicted octanol–water partition coefficient (Wildman–Crippen LogP) is 5.27. The number of hydrogen-bond acceptors (Lipinski definition) is 2. The molecule has 0 amide bonds. The van der Waals surface area contributed by atoms with E-state index in [1.54, 1.807) is 7.11 Å². The number of ether oxygens (including phenoxy) is 1. The third kappa shape index (κ3) is 5.03. The van der Waals surface area contributed by atoms with Gasteiger partial charge in [0.2, 0.25) is 0 Å². The molecular weight excluding hydrogens is 282 g/mol. The van der Waals surface area contributed by atoms with Crippen LogP contribution >= 0.6 is 0 Å². The lowest BCUT2D eigenvalue weighted by Gasteiger charge is -2.20. The smallest absolute Gasteiger partial charge is 0.118 e. The van der Waals surface area contributed by atoms with E-state index in [2.05, 4.69) is 67.3 Å². The van der Waals surface area contributed by atoms with Gasteiger partial charge in [-0.05, 0) is 49.2 Å². The van der Waals surface area contributed by atoms with Gasteiger partial charge in [-0.3, -0.25) is 0 Å². The SMILES string of the molecule is CCN(CC)c1ccc(C=CC=Cc2ccc(OC)cc2)cc1. The Morgan fingerprint density at radius 3 is 1.70 bits per heavy atom. The molecule has 0 spiro atoms. The lowest BCUT2D eigenvalue weighted by molar-refractivity contribution is 0.415. The number of benzene rings is 2. The largest absolute Gasteiger partial charge is 0.497 e. The van der Waals surface area contributed by atoms with Crippen molar-refractivity contribution in [2.75, 3.05) is 25.1 Å². The quantitative estimate of drug-likeness (QED) is 0.646. The van der Waals surface area contributed by atoms with Crippen molar-refractivity contribution in [2.24, 2.45) is 0 Å². The van der Waals surface area contributed by atoms with E-state index in [1.165, 1.54) is 11.3 Å². The average Bonchev–Trinajstić information content (AvgIpc) is 2.61. The van der Waals surface area contributed by atoms with Crippen LogP contribution in [0.2, 0.25) is 0 Å². The van der Waals surface area contributed by atoms with E-state index in [1.807, 2.05) is 24.3 Å². The molecule has 2 aromatic rings. The Hall–Kier alpha value is -2.48. The molecule has 0 aliphatic rings. The van der Waals surface area contributed by atoms with Crippen LogP contribution in [0.1, 0.15) is 25.0 Å². The van der Waals surface area contributed by atoms with Crippen LogP contribution in [0.25, 0.3) is 12.2 Å². The fraction of sp³-hybridized carbons (Fsp3) is 0.238. The Morgan fingerprint density at radius 2 is 1.26 bits per heavy atom. The Morgan fingerprint density at radius 1 is 0.783 bits per heavy atom. The van der Waals surface area contributed by atoms with Crippen LogP contribution in [0.3, 0.4) is 0 Å². The summed E-state index contributed by atoms with van der Waals surface area (Å²) in [6, 6.07) is 16.7. The molecule has 0 unspecified atom stereocenters. The van der Waals surface area contributed by atoms with Crippen LogP contribution in [-0.4, -0.2) is 20.2 Å². The van der Waals surface area contributed by atoms with Crippen molar-refractivity contribution in [3.63, 3.8) is 0 Å². The molecule has 0 bridgehead atoms. The van der Waals surface area contributed by atoms with E-state index in [-0.39, 0.29) is 0 Å². The minimum atomic E-state index is 0.881. The van der Waals surface area contributed by atoms with Gasteiger partial charge in [-0.1, -0.05) is 48.6 Å². The van der Waals surface area contributed by atoms with Crippen LogP contribution in [0.4, 0.5) is 5.69 Å². The zero-order valence-electron chi connectivity index (χ0n) is 14.2. The molecule has 2 heteroatoms. The van der Waals surface area contributed by atoms with Gasteiger partial charge in [-0.15, -0.1) is 0 Å². The van der Waals surface area contributed by atoms with Crippen LogP contribution in [0.5, 0.6) is 5.75 Å². The molecule has 0 N–H and O–H groups in total. The number of nitrogens with zero attached hydrogens (tertiary/aromatic N) is 1. The van der Waals surface area contributed by atoms with E-state index in [4.69, 9.17) is 4.74 Å². The third-order valence-electron chi connectivity index (χ3n) is 3.83. The van der Waals surface area contributed by atoms with Crippen molar-refractivity contribution >= 4 is 17.8 Å². The molecule has 0 aliphatic heterocycles. The van der Waals surface area contributed by atoms with Crippen molar-refractivity contribution in [1.82, 2.24) is 0 Å². The molecule has 0 saturated carbocycles.